The van der Waals surface area contributed by atoms with E-state index in [2.05, 4.69) is 5.16 Å². The summed E-state index contributed by atoms with van der Waals surface area (Å²) in [6.07, 6.45) is -4.78. The Balaban J connectivity index is 1.42. The highest BCUT2D eigenvalue weighted by Crippen LogP contribution is 2.29. The summed E-state index contributed by atoms with van der Waals surface area (Å²) in [5, 5.41) is 4.00. The van der Waals surface area contributed by atoms with Crippen molar-refractivity contribution < 1.29 is 37.0 Å². The maximum atomic E-state index is 12.8. The Morgan fingerprint density at radius 1 is 1.21 bits per heavy atom. The summed E-state index contributed by atoms with van der Waals surface area (Å²) in [6, 6.07) is 12.3. The normalized spacial score (nSPS) is 16.9. The predicted octanol–water partition coefficient (Wildman–Crippen LogP) is 3.90. The van der Waals surface area contributed by atoms with E-state index in [4.69, 9.17) is 19.0 Å². The van der Waals surface area contributed by atoms with Crippen LogP contribution >= 0.6 is 0 Å². The molecule has 1 amide bonds. The van der Waals surface area contributed by atoms with E-state index in [0.717, 1.165) is 23.4 Å². The van der Waals surface area contributed by atoms with Gasteiger partial charge in [-0.25, -0.2) is 0 Å². The van der Waals surface area contributed by atoms with Crippen LogP contribution in [0.4, 0.5) is 13.2 Å². The predicted molar refractivity (Wildman–Crippen MR) is 119 cm³/mol. The van der Waals surface area contributed by atoms with Crippen molar-refractivity contribution in [1.29, 1.82) is 0 Å². The number of ether oxygens (including phenoxy) is 3. The first-order valence-corrected chi connectivity index (χ1v) is 10.7. The lowest BCUT2D eigenvalue weighted by Gasteiger charge is -2.32. The lowest BCUT2D eigenvalue weighted by atomic mass is 10.1. The molecule has 184 valence electrons. The van der Waals surface area contributed by atoms with E-state index >= 15 is 0 Å². The van der Waals surface area contributed by atoms with E-state index in [1.165, 1.54) is 6.07 Å². The van der Waals surface area contributed by atoms with Crippen molar-refractivity contribution in [3.63, 3.8) is 0 Å². The van der Waals surface area contributed by atoms with Crippen molar-refractivity contribution in [2.45, 2.75) is 25.8 Å². The van der Waals surface area contributed by atoms with Gasteiger partial charge in [0.1, 0.15) is 5.75 Å². The average Bonchev–Trinajstić information content (AvgIpc) is 2.84. The second kappa shape index (κ2) is 11.8. The maximum Gasteiger partial charge on any atom is 0.416 e. The summed E-state index contributed by atoms with van der Waals surface area (Å²) in [6.45, 7) is 2.76. The highest BCUT2D eigenvalue weighted by atomic mass is 19.4. The standard InChI is InChI=1S/C24H27F3N2O5/c1-17(19-6-8-21(31-2)9-7-19)28-34-16-23(30)29-10-11-33-22(13-29)15-32-14-18-4-3-5-20(12-18)24(25,26)27/h3-9,12,22H,10-11,13-16H2,1-2H3/b28-17-/t22-/m1/s1. The molecule has 1 heterocycles. The number of rotatable bonds is 9. The Morgan fingerprint density at radius 3 is 2.68 bits per heavy atom. The van der Waals surface area contributed by atoms with E-state index in [1.807, 2.05) is 24.3 Å². The average molecular weight is 480 g/mol. The number of amides is 1. The second-order valence-electron chi connectivity index (χ2n) is 7.72. The number of oxime groups is 1. The van der Waals surface area contributed by atoms with Crippen molar-refractivity contribution in [3.8, 4) is 5.75 Å². The third-order valence-electron chi connectivity index (χ3n) is 5.22. The van der Waals surface area contributed by atoms with Crippen LogP contribution < -0.4 is 4.74 Å². The summed E-state index contributed by atoms with van der Waals surface area (Å²) in [7, 11) is 1.59. The smallest absolute Gasteiger partial charge is 0.416 e. The van der Waals surface area contributed by atoms with Crippen molar-refractivity contribution in [2.75, 3.05) is 40.0 Å². The summed E-state index contributed by atoms with van der Waals surface area (Å²) >= 11 is 0. The Bertz CT molecular complexity index is 979. The van der Waals surface area contributed by atoms with Crippen LogP contribution in [0.5, 0.6) is 5.75 Å². The van der Waals surface area contributed by atoms with Crippen LogP contribution in [0.15, 0.2) is 53.7 Å². The van der Waals surface area contributed by atoms with Crippen LogP contribution in [0.25, 0.3) is 0 Å². The zero-order valence-electron chi connectivity index (χ0n) is 19.0. The first kappa shape index (κ1) is 25.5. The molecule has 2 aromatic carbocycles. The molecule has 3 rings (SSSR count). The number of morpholine rings is 1. The summed E-state index contributed by atoms with van der Waals surface area (Å²) in [5.74, 6) is 0.491. The molecule has 1 aliphatic heterocycles. The Labute approximate surface area is 196 Å². The summed E-state index contributed by atoms with van der Waals surface area (Å²) in [5.41, 5.74) is 1.16. The van der Waals surface area contributed by atoms with E-state index in [-0.39, 0.29) is 31.8 Å². The number of carbonyl (C=O) groups excluding carboxylic acids is 1. The lowest BCUT2D eigenvalue weighted by Crippen LogP contribution is -2.48. The molecule has 0 spiro atoms. The molecule has 10 heteroatoms. The SMILES string of the molecule is COc1ccc(/C(C)=N\OCC(=O)N2CCO[C@@H](COCc3cccc(C(F)(F)F)c3)C2)cc1. The number of alkyl halides is 3. The van der Waals surface area contributed by atoms with Gasteiger partial charge in [-0.1, -0.05) is 17.3 Å². The number of nitrogens with zero attached hydrogens (tertiary/aromatic N) is 2. The molecule has 7 nitrogen and oxygen atoms in total. The second-order valence-corrected chi connectivity index (χ2v) is 7.72. The van der Waals surface area contributed by atoms with Gasteiger partial charge in [0.15, 0.2) is 6.61 Å². The van der Waals surface area contributed by atoms with Gasteiger partial charge in [0, 0.05) is 13.1 Å². The minimum Gasteiger partial charge on any atom is -0.497 e. The van der Waals surface area contributed by atoms with E-state index < -0.39 is 11.7 Å². The fourth-order valence-electron chi connectivity index (χ4n) is 3.35. The number of carbonyl (C=O) groups is 1. The van der Waals surface area contributed by atoms with Crippen molar-refractivity contribution in [2.24, 2.45) is 5.16 Å². The number of halogens is 3. The minimum absolute atomic E-state index is 0.0141. The molecule has 0 aliphatic carbocycles. The third kappa shape index (κ3) is 7.46. The third-order valence-corrected chi connectivity index (χ3v) is 5.22. The molecular formula is C24H27F3N2O5. The molecule has 1 aliphatic rings. The number of benzene rings is 2. The molecule has 0 N–H and O–H groups in total. The van der Waals surface area contributed by atoms with Crippen LogP contribution in [0.2, 0.25) is 0 Å². The van der Waals surface area contributed by atoms with Crippen LogP contribution in [-0.4, -0.2) is 62.6 Å². The largest absolute Gasteiger partial charge is 0.497 e. The fourth-order valence-corrected chi connectivity index (χ4v) is 3.35. The van der Waals surface area contributed by atoms with Gasteiger partial charge in [0.2, 0.25) is 0 Å². The fraction of sp³-hybridized carbons (Fsp3) is 0.417. The molecule has 0 bridgehead atoms. The van der Waals surface area contributed by atoms with E-state index in [9.17, 15) is 18.0 Å². The van der Waals surface area contributed by atoms with Gasteiger partial charge >= 0.3 is 6.18 Å². The first-order chi connectivity index (χ1) is 16.3. The molecule has 1 fully saturated rings. The monoisotopic (exact) mass is 480 g/mol. The number of hydrogen-bond acceptors (Lipinski definition) is 6. The summed E-state index contributed by atoms with van der Waals surface area (Å²) in [4.78, 5) is 19.3. The zero-order chi connectivity index (χ0) is 24.6. The van der Waals surface area contributed by atoms with Crippen LogP contribution in [-0.2, 0) is 31.9 Å². The van der Waals surface area contributed by atoms with Gasteiger partial charge in [0.25, 0.3) is 5.91 Å². The van der Waals surface area contributed by atoms with Crippen molar-refractivity contribution in [3.05, 3.63) is 65.2 Å². The molecule has 1 saturated heterocycles. The van der Waals surface area contributed by atoms with Gasteiger partial charge in [-0.3, -0.25) is 4.79 Å². The number of hydrogen-bond donors (Lipinski definition) is 0. The Morgan fingerprint density at radius 2 is 1.97 bits per heavy atom. The van der Waals surface area contributed by atoms with Gasteiger partial charge in [-0.05, 0) is 54.4 Å². The molecule has 0 radical (unpaired) electrons. The molecule has 2 aromatic rings. The van der Waals surface area contributed by atoms with Gasteiger partial charge in [-0.2, -0.15) is 13.2 Å². The van der Waals surface area contributed by atoms with Gasteiger partial charge in [-0.15, -0.1) is 0 Å². The minimum atomic E-state index is -4.40. The molecular weight excluding hydrogens is 453 g/mol. The highest BCUT2D eigenvalue weighted by molar-refractivity contribution is 5.98. The quantitative estimate of drug-likeness (QED) is 0.402. The Hall–Kier alpha value is -3.11. The van der Waals surface area contributed by atoms with Gasteiger partial charge < -0.3 is 23.9 Å². The molecule has 0 unspecified atom stereocenters. The van der Waals surface area contributed by atoms with Crippen molar-refractivity contribution in [1.82, 2.24) is 4.90 Å². The first-order valence-electron chi connectivity index (χ1n) is 10.7. The zero-order valence-corrected chi connectivity index (χ0v) is 19.0. The Kier molecular flexibility index (Phi) is 8.89. The summed E-state index contributed by atoms with van der Waals surface area (Å²) < 4.78 is 54.8. The van der Waals surface area contributed by atoms with Crippen LogP contribution in [0, 0.1) is 0 Å². The van der Waals surface area contributed by atoms with Crippen LogP contribution in [0.1, 0.15) is 23.6 Å². The number of methoxy groups -OCH3 is 1. The van der Waals surface area contributed by atoms with Crippen LogP contribution in [0.3, 0.4) is 0 Å². The van der Waals surface area contributed by atoms with E-state index in [0.29, 0.717) is 31.0 Å². The molecule has 0 saturated carbocycles. The lowest BCUT2D eigenvalue weighted by molar-refractivity contribution is -0.146. The molecule has 34 heavy (non-hydrogen) atoms. The topological polar surface area (TPSA) is 69.6 Å². The highest BCUT2D eigenvalue weighted by Gasteiger charge is 2.30. The van der Waals surface area contributed by atoms with Gasteiger partial charge in [0.05, 0.1) is 44.3 Å². The molecule has 1 atom stereocenters. The molecule has 0 aromatic heterocycles. The maximum absolute atomic E-state index is 12.8. The van der Waals surface area contributed by atoms with Crippen molar-refractivity contribution >= 4 is 11.6 Å². The van der Waals surface area contributed by atoms with E-state index in [1.54, 1.807) is 25.0 Å².